The summed E-state index contributed by atoms with van der Waals surface area (Å²) in [6.07, 6.45) is 3.76. The molecule has 1 aromatic rings. The predicted octanol–water partition coefficient (Wildman–Crippen LogP) is 4.00. The van der Waals surface area contributed by atoms with Crippen molar-refractivity contribution in [2.75, 3.05) is 18.5 Å². The zero-order chi connectivity index (χ0) is 11.8. The Morgan fingerprint density at radius 2 is 2.00 bits per heavy atom. The van der Waals surface area contributed by atoms with Gasteiger partial charge in [-0.05, 0) is 31.9 Å². The van der Waals surface area contributed by atoms with Crippen molar-refractivity contribution in [3.63, 3.8) is 0 Å². The maximum Gasteiger partial charge on any atom is 0.145 e. The summed E-state index contributed by atoms with van der Waals surface area (Å²) < 4.78 is 5.66. The molecule has 90 valence electrons. The van der Waals surface area contributed by atoms with Gasteiger partial charge in [-0.2, -0.15) is 0 Å². The van der Waals surface area contributed by atoms with Crippen molar-refractivity contribution in [1.29, 1.82) is 0 Å². The molecule has 0 heterocycles. The fourth-order valence-corrected chi connectivity index (χ4v) is 1.73. The first-order chi connectivity index (χ1) is 7.79. The minimum Gasteiger partial charge on any atom is -0.491 e. The smallest absolute Gasteiger partial charge is 0.145 e. The molecule has 0 spiro atoms. The van der Waals surface area contributed by atoms with E-state index >= 15 is 0 Å². The molecule has 0 unspecified atom stereocenters. The maximum atomic E-state index is 5.66. The summed E-state index contributed by atoms with van der Waals surface area (Å²) in [5, 5.41) is 3.45. The van der Waals surface area contributed by atoms with E-state index in [-0.39, 0.29) is 0 Å². The molecule has 0 aliphatic heterocycles. The molecule has 1 N–H and O–H groups in total. The number of aryl methyl sites for hydroxylation is 1. The van der Waals surface area contributed by atoms with Crippen molar-refractivity contribution in [2.24, 2.45) is 0 Å². The third kappa shape index (κ3) is 3.76. The lowest BCUT2D eigenvalue weighted by Gasteiger charge is -2.14. The average Bonchev–Trinajstić information content (AvgIpc) is 2.29. The normalized spacial score (nSPS) is 10.2. The van der Waals surface area contributed by atoms with Crippen LogP contribution in [0.4, 0.5) is 5.69 Å². The molecule has 1 aromatic carbocycles. The van der Waals surface area contributed by atoms with E-state index < -0.39 is 0 Å². The summed E-state index contributed by atoms with van der Waals surface area (Å²) in [6.45, 7) is 8.07. The van der Waals surface area contributed by atoms with Gasteiger partial charge in [0.05, 0.1) is 12.3 Å². The number of anilines is 1. The minimum absolute atomic E-state index is 0.717. The molecule has 0 saturated carbocycles. The Hall–Kier alpha value is -1.18. The Morgan fingerprint density at radius 3 is 2.69 bits per heavy atom. The molecule has 0 saturated heterocycles. The summed E-state index contributed by atoms with van der Waals surface area (Å²) >= 11 is 0. The molecule has 0 aliphatic carbocycles. The van der Waals surface area contributed by atoms with Crippen LogP contribution in [-0.2, 0) is 0 Å². The van der Waals surface area contributed by atoms with Crippen LogP contribution < -0.4 is 10.1 Å². The van der Waals surface area contributed by atoms with Crippen LogP contribution in [0.3, 0.4) is 0 Å². The van der Waals surface area contributed by atoms with Crippen molar-refractivity contribution in [3.8, 4) is 5.75 Å². The van der Waals surface area contributed by atoms with E-state index in [9.17, 15) is 0 Å². The van der Waals surface area contributed by atoms with Crippen LogP contribution in [0.5, 0.6) is 5.75 Å². The molecule has 0 atom stereocenters. The standard InChI is InChI=1S/C14H23NO/c1-4-6-7-11-15-13-10-8-9-12(3)14(13)16-5-2/h8-10,15H,4-7,11H2,1-3H3. The van der Waals surface area contributed by atoms with Crippen molar-refractivity contribution in [2.45, 2.75) is 40.0 Å². The van der Waals surface area contributed by atoms with Crippen LogP contribution in [0, 0.1) is 6.92 Å². The monoisotopic (exact) mass is 221 g/mol. The van der Waals surface area contributed by atoms with E-state index in [1.807, 2.05) is 6.92 Å². The Bertz CT molecular complexity index is 310. The van der Waals surface area contributed by atoms with Gasteiger partial charge in [-0.1, -0.05) is 31.9 Å². The van der Waals surface area contributed by atoms with Gasteiger partial charge >= 0.3 is 0 Å². The van der Waals surface area contributed by atoms with Crippen molar-refractivity contribution >= 4 is 5.69 Å². The number of hydrogen-bond acceptors (Lipinski definition) is 2. The highest BCUT2D eigenvalue weighted by Gasteiger charge is 2.05. The van der Waals surface area contributed by atoms with Gasteiger partial charge in [-0.25, -0.2) is 0 Å². The number of unbranched alkanes of at least 4 members (excludes halogenated alkanes) is 2. The second-order valence-corrected chi connectivity index (χ2v) is 4.02. The Balaban J connectivity index is 2.59. The fourth-order valence-electron chi connectivity index (χ4n) is 1.73. The number of hydrogen-bond donors (Lipinski definition) is 1. The van der Waals surface area contributed by atoms with Crippen LogP contribution in [0.2, 0.25) is 0 Å². The molecular weight excluding hydrogens is 198 g/mol. The highest BCUT2D eigenvalue weighted by molar-refractivity contribution is 5.59. The van der Waals surface area contributed by atoms with E-state index in [0.29, 0.717) is 6.61 Å². The van der Waals surface area contributed by atoms with Gasteiger partial charge < -0.3 is 10.1 Å². The minimum atomic E-state index is 0.717. The molecule has 0 bridgehead atoms. The second-order valence-electron chi connectivity index (χ2n) is 4.02. The summed E-state index contributed by atoms with van der Waals surface area (Å²) in [6, 6.07) is 6.24. The number of benzene rings is 1. The van der Waals surface area contributed by atoms with Crippen LogP contribution in [0.25, 0.3) is 0 Å². The molecule has 16 heavy (non-hydrogen) atoms. The lowest BCUT2D eigenvalue weighted by Crippen LogP contribution is -2.05. The lowest BCUT2D eigenvalue weighted by molar-refractivity contribution is 0.339. The lowest BCUT2D eigenvalue weighted by atomic mass is 10.2. The van der Waals surface area contributed by atoms with Crippen molar-refractivity contribution < 1.29 is 4.74 Å². The highest BCUT2D eigenvalue weighted by Crippen LogP contribution is 2.28. The molecule has 0 aromatic heterocycles. The van der Waals surface area contributed by atoms with Gasteiger partial charge in [0, 0.05) is 6.54 Å². The SMILES string of the molecule is CCCCCNc1cccc(C)c1OCC. The largest absolute Gasteiger partial charge is 0.491 e. The van der Waals surface area contributed by atoms with Gasteiger partial charge in [0.2, 0.25) is 0 Å². The first-order valence-electron chi connectivity index (χ1n) is 6.25. The van der Waals surface area contributed by atoms with Crippen LogP contribution in [0.1, 0.15) is 38.7 Å². The first-order valence-corrected chi connectivity index (χ1v) is 6.25. The zero-order valence-electron chi connectivity index (χ0n) is 10.7. The van der Waals surface area contributed by atoms with Gasteiger partial charge in [0.25, 0.3) is 0 Å². The summed E-state index contributed by atoms with van der Waals surface area (Å²) in [5.41, 5.74) is 2.32. The third-order valence-electron chi connectivity index (χ3n) is 2.60. The van der Waals surface area contributed by atoms with Crippen LogP contribution >= 0.6 is 0 Å². The van der Waals surface area contributed by atoms with Crippen molar-refractivity contribution in [1.82, 2.24) is 0 Å². The number of rotatable bonds is 7. The zero-order valence-corrected chi connectivity index (χ0v) is 10.7. The van der Waals surface area contributed by atoms with Gasteiger partial charge in [0.15, 0.2) is 0 Å². The van der Waals surface area contributed by atoms with E-state index in [1.165, 1.54) is 24.8 Å². The topological polar surface area (TPSA) is 21.3 Å². The molecule has 0 aliphatic rings. The van der Waals surface area contributed by atoms with Crippen molar-refractivity contribution in [3.05, 3.63) is 23.8 Å². The Kier molecular flexibility index (Phi) is 5.76. The second kappa shape index (κ2) is 7.15. The molecule has 0 fully saturated rings. The number of nitrogens with one attached hydrogen (secondary N) is 1. The molecule has 0 amide bonds. The summed E-state index contributed by atoms with van der Waals surface area (Å²) in [4.78, 5) is 0. The Morgan fingerprint density at radius 1 is 1.19 bits per heavy atom. The molecular formula is C14H23NO. The number of ether oxygens (including phenoxy) is 1. The predicted molar refractivity (Wildman–Crippen MR) is 70.4 cm³/mol. The molecule has 2 heteroatoms. The molecule has 0 radical (unpaired) electrons. The first kappa shape index (κ1) is 12.9. The van der Waals surface area contributed by atoms with Gasteiger partial charge in [-0.3, -0.25) is 0 Å². The van der Waals surface area contributed by atoms with E-state index in [2.05, 4.69) is 37.4 Å². The third-order valence-corrected chi connectivity index (χ3v) is 2.60. The summed E-state index contributed by atoms with van der Waals surface area (Å²) in [7, 11) is 0. The van der Waals surface area contributed by atoms with Gasteiger partial charge in [-0.15, -0.1) is 0 Å². The average molecular weight is 221 g/mol. The Labute approximate surface area is 99.0 Å². The quantitative estimate of drug-likeness (QED) is 0.703. The maximum absolute atomic E-state index is 5.66. The van der Waals surface area contributed by atoms with E-state index in [1.54, 1.807) is 0 Å². The highest BCUT2D eigenvalue weighted by atomic mass is 16.5. The number of para-hydroxylation sites is 1. The van der Waals surface area contributed by atoms with Crippen LogP contribution in [0.15, 0.2) is 18.2 Å². The van der Waals surface area contributed by atoms with Gasteiger partial charge in [0.1, 0.15) is 5.75 Å². The summed E-state index contributed by atoms with van der Waals surface area (Å²) in [5.74, 6) is 1.00. The molecule has 1 rings (SSSR count). The van der Waals surface area contributed by atoms with E-state index in [0.717, 1.165) is 18.0 Å². The van der Waals surface area contributed by atoms with Crippen LogP contribution in [-0.4, -0.2) is 13.2 Å². The van der Waals surface area contributed by atoms with E-state index in [4.69, 9.17) is 4.74 Å². The fraction of sp³-hybridized carbons (Fsp3) is 0.571. The molecule has 2 nitrogen and oxygen atoms in total.